The molecule has 0 aromatic heterocycles. The molecule has 0 unspecified atom stereocenters. The van der Waals surface area contributed by atoms with Crippen LogP contribution < -0.4 is 0 Å². The highest BCUT2D eigenvalue weighted by atomic mass is 19.2. The van der Waals surface area contributed by atoms with Crippen molar-refractivity contribution >= 4 is 0 Å². The Morgan fingerprint density at radius 2 is 1.83 bits per heavy atom. The summed E-state index contributed by atoms with van der Waals surface area (Å²) in [7, 11) is 0. The summed E-state index contributed by atoms with van der Waals surface area (Å²) in [6, 6.07) is 1.98. The lowest BCUT2D eigenvalue weighted by Crippen LogP contribution is -1.96. The smallest absolute Gasteiger partial charge is 0.194 e. The summed E-state index contributed by atoms with van der Waals surface area (Å²) in [6.45, 7) is 0. The average Bonchev–Trinajstić information content (AvgIpc) is 2.07. The molecule has 1 aromatic rings. The van der Waals surface area contributed by atoms with Crippen LogP contribution in [-0.2, 0) is 6.42 Å². The van der Waals surface area contributed by atoms with E-state index in [2.05, 4.69) is 5.92 Å². The molecular weight excluding hydrogens is 165 g/mol. The monoisotopic (exact) mass is 170 g/mol. The van der Waals surface area contributed by atoms with Gasteiger partial charge in [-0.2, -0.15) is 0 Å². The van der Waals surface area contributed by atoms with E-state index in [1.54, 1.807) is 0 Å². The van der Waals surface area contributed by atoms with Crippen LogP contribution in [0.15, 0.2) is 12.1 Å². The first-order chi connectivity index (χ1) is 5.66. The fourth-order valence-corrected chi connectivity index (χ4v) is 0.812. The first kappa shape index (κ1) is 8.66. The average molecular weight is 170 g/mol. The van der Waals surface area contributed by atoms with Crippen LogP contribution in [0, 0.1) is 29.8 Å². The molecule has 0 fully saturated rings. The summed E-state index contributed by atoms with van der Waals surface area (Å²) in [5.41, 5.74) is -0.00333. The third-order valence-corrected chi connectivity index (χ3v) is 1.41. The van der Waals surface area contributed by atoms with Gasteiger partial charge in [0.05, 0.1) is 0 Å². The van der Waals surface area contributed by atoms with Gasteiger partial charge in [-0.1, -0.05) is 6.07 Å². The molecule has 0 saturated heterocycles. The molecule has 0 nitrogen and oxygen atoms in total. The van der Waals surface area contributed by atoms with Crippen LogP contribution in [0.1, 0.15) is 5.56 Å². The SMILES string of the molecule is C#CCc1ccc(F)c(F)c1F. The van der Waals surface area contributed by atoms with Crippen LogP contribution in [0.25, 0.3) is 0 Å². The maximum atomic E-state index is 12.7. The minimum absolute atomic E-state index is 0.00333. The lowest BCUT2D eigenvalue weighted by Gasteiger charge is -1.99. The van der Waals surface area contributed by atoms with E-state index in [0.29, 0.717) is 0 Å². The molecule has 62 valence electrons. The van der Waals surface area contributed by atoms with Gasteiger partial charge in [0.25, 0.3) is 0 Å². The zero-order chi connectivity index (χ0) is 9.14. The number of rotatable bonds is 1. The summed E-state index contributed by atoms with van der Waals surface area (Å²) < 4.78 is 37.6. The van der Waals surface area contributed by atoms with Crippen LogP contribution in [0.2, 0.25) is 0 Å². The molecule has 3 heteroatoms. The molecule has 0 aliphatic rings. The molecule has 0 radical (unpaired) electrons. The molecule has 0 spiro atoms. The molecule has 0 heterocycles. The van der Waals surface area contributed by atoms with E-state index in [0.717, 1.165) is 12.1 Å². The first-order valence-electron chi connectivity index (χ1n) is 3.22. The van der Waals surface area contributed by atoms with Crippen LogP contribution in [0.5, 0.6) is 0 Å². The van der Waals surface area contributed by atoms with Gasteiger partial charge in [0.2, 0.25) is 0 Å². The second-order valence-electron chi connectivity index (χ2n) is 2.22. The van der Waals surface area contributed by atoms with Gasteiger partial charge in [-0.05, 0) is 6.07 Å². The molecule has 1 rings (SSSR count). The molecule has 0 saturated carbocycles. The predicted molar refractivity (Wildman–Crippen MR) is 38.9 cm³/mol. The van der Waals surface area contributed by atoms with Gasteiger partial charge in [0, 0.05) is 12.0 Å². The fourth-order valence-electron chi connectivity index (χ4n) is 0.812. The van der Waals surface area contributed by atoms with E-state index in [1.807, 2.05) is 0 Å². The highest BCUT2D eigenvalue weighted by molar-refractivity contribution is 5.23. The van der Waals surface area contributed by atoms with Crippen molar-refractivity contribution in [1.29, 1.82) is 0 Å². The molecule has 0 amide bonds. The van der Waals surface area contributed by atoms with Crippen molar-refractivity contribution in [2.45, 2.75) is 6.42 Å². The summed E-state index contributed by atoms with van der Waals surface area (Å²) >= 11 is 0. The maximum Gasteiger partial charge on any atom is 0.194 e. The Kier molecular flexibility index (Phi) is 2.39. The Morgan fingerprint density at radius 3 is 2.42 bits per heavy atom. The van der Waals surface area contributed by atoms with Crippen LogP contribution in [-0.4, -0.2) is 0 Å². The second kappa shape index (κ2) is 3.31. The van der Waals surface area contributed by atoms with Crippen molar-refractivity contribution in [3.05, 3.63) is 35.1 Å². The minimum Gasteiger partial charge on any atom is -0.204 e. The lowest BCUT2D eigenvalue weighted by molar-refractivity contribution is 0.442. The molecule has 0 N–H and O–H groups in total. The van der Waals surface area contributed by atoms with Gasteiger partial charge in [-0.3, -0.25) is 0 Å². The predicted octanol–water partition coefficient (Wildman–Crippen LogP) is 2.28. The third-order valence-electron chi connectivity index (χ3n) is 1.41. The first-order valence-corrected chi connectivity index (χ1v) is 3.22. The van der Waals surface area contributed by atoms with E-state index in [9.17, 15) is 13.2 Å². The van der Waals surface area contributed by atoms with Gasteiger partial charge in [0.1, 0.15) is 0 Å². The molecule has 0 aliphatic carbocycles. The maximum absolute atomic E-state index is 12.7. The van der Waals surface area contributed by atoms with E-state index in [1.165, 1.54) is 0 Å². The van der Waals surface area contributed by atoms with Crippen LogP contribution in [0.4, 0.5) is 13.2 Å². The zero-order valence-electron chi connectivity index (χ0n) is 6.07. The summed E-state index contributed by atoms with van der Waals surface area (Å²) in [5, 5.41) is 0. The van der Waals surface area contributed by atoms with Gasteiger partial charge in [0.15, 0.2) is 17.5 Å². The van der Waals surface area contributed by atoms with Crippen molar-refractivity contribution in [2.24, 2.45) is 0 Å². The molecular formula is C9H5F3. The van der Waals surface area contributed by atoms with Crippen molar-refractivity contribution in [1.82, 2.24) is 0 Å². The molecule has 0 bridgehead atoms. The number of halogens is 3. The van der Waals surface area contributed by atoms with E-state index >= 15 is 0 Å². The van der Waals surface area contributed by atoms with Crippen molar-refractivity contribution < 1.29 is 13.2 Å². The van der Waals surface area contributed by atoms with Crippen LogP contribution in [0.3, 0.4) is 0 Å². The topological polar surface area (TPSA) is 0 Å². The largest absolute Gasteiger partial charge is 0.204 e. The zero-order valence-corrected chi connectivity index (χ0v) is 6.07. The number of benzene rings is 1. The van der Waals surface area contributed by atoms with Gasteiger partial charge >= 0.3 is 0 Å². The van der Waals surface area contributed by atoms with Gasteiger partial charge in [-0.25, -0.2) is 13.2 Å². The van der Waals surface area contributed by atoms with Gasteiger partial charge < -0.3 is 0 Å². The normalized spacial score (nSPS) is 9.50. The van der Waals surface area contributed by atoms with Crippen molar-refractivity contribution in [3.63, 3.8) is 0 Å². The minimum atomic E-state index is -1.47. The fraction of sp³-hybridized carbons (Fsp3) is 0.111. The van der Waals surface area contributed by atoms with Crippen molar-refractivity contribution in [2.75, 3.05) is 0 Å². The Morgan fingerprint density at radius 1 is 1.17 bits per heavy atom. The summed E-state index contributed by atoms with van der Waals surface area (Å²) in [4.78, 5) is 0. The molecule has 0 aliphatic heterocycles. The molecule has 1 aromatic carbocycles. The van der Waals surface area contributed by atoms with E-state index in [4.69, 9.17) is 6.42 Å². The standard InChI is InChI=1S/C9H5F3/c1-2-3-6-4-5-7(10)9(12)8(6)11/h1,4-5H,3H2. The Labute approximate surface area is 68.0 Å². The highest BCUT2D eigenvalue weighted by Gasteiger charge is 2.11. The Hall–Kier alpha value is -1.43. The Balaban J connectivity index is 3.19. The highest BCUT2D eigenvalue weighted by Crippen LogP contribution is 2.14. The number of hydrogen-bond donors (Lipinski definition) is 0. The summed E-state index contributed by atoms with van der Waals surface area (Å²) in [6.07, 6.45) is 4.85. The molecule has 12 heavy (non-hydrogen) atoms. The Bertz CT molecular complexity index is 336. The quantitative estimate of drug-likeness (QED) is 0.448. The number of hydrogen-bond acceptors (Lipinski definition) is 0. The third kappa shape index (κ3) is 1.42. The second-order valence-corrected chi connectivity index (χ2v) is 2.22. The van der Waals surface area contributed by atoms with E-state index < -0.39 is 17.5 Å². The van der Waals surface area contributed by atoms with E-state index in [-0.39, 0.29) is 12.0 Å². The van der Waals surface area contributed by atoms with Gasteiger partial charge in [-0.15, -0.1) is 12.3 Å². The summed E-state index contributed by atoms with van der Waals surface area (Å²) in [5.74, 6) is -1.73. The van der Waals surface area contributed by atoms with Crippen LogP contribution >= 0.6 is 0 Å². The lowest BCUT2D eigenvalue weighted by atomic mass is 10.1. The molecule has 0 atom stereocenters. The number of terminal acetylenes is 1. The van der Waals surface area contributed by atoms with Crippen molar-refractivity contribution in [3.8, 4) is 12.3 Å².